The molecule has 0 amide bonds. The van der Waals surface area contributed by atoms with Crippen LogP contribution in [0.15, 0.2) is 65.6 Å². The third-order valence-electron chi connectivity index (χ3n) is 5.59. The molecule has 2 heterocycles. The zero-order chi connectivity index (χ0) is 22.0. The molecule has 0 aliphatic carbocycles. The first-order chi connectivity index (χ1) is 14.9. The van der Waals surface area contributed by atoms with Gasteiger partial charge in [0.05, 0.1) is 16.3 Å². The van der Waals surface area contributed by atoms with E-state index in [4.69, 9.17) is 0 Å². The first kappa shape index (κ1) is 21.2. The molecule has 0 saturated carbocycles. The van der Waals surface area contributed by atoms with Crippen molar-refractivity contribution in [3.8, 4) is 5.69 Å². The van der Waals surface area contributed by atoms with Crippen molar-refractivity contribution in [2.24, 2.45) is 0 Å². The summed E-state index contributed by atoms with van der Waals surface area (Å²) in [6, 6.07) is 16.0. The number of para-hydroxylation sites is 1. The van der Waals surface area contributed by atoms with Gasteiger partial charge < -0.3 is 0 Å². The molecule has 7 heteroatoms. The lowest BCUT2D eigenvalue weighted by molar-refractivity contribution is 0.104. The van der Waals surface area contributed by atoms with E-state index < -0.39 is 10.0 Å². The lowest BCUT2D eigenvalue weighted by Crippen LogP contribution is -2.27. The molecular weight excluding hydrogens is 410 g/mol. The third kappa shape index (κ3) is 4.24. The molecule has 1 saturated heterocycles. The lowest BCUT2D eigenvalue weighted by Gasteiger charge is -2.15. The molecule has 4 rings (SSSR count). The second-order valence-electron chi connectivity index (χ2n) is 7.67. The first-order valence-electron chi connectivity index (χ1n) is 10.3. The highest BCUT2D eigenvalue weighted by molar-refractivity contribution is 7.89. The second-order valence-corrected chi connectivity index (χ2v) is 9.60. The molecule has 0 N–H and O–H groups in total. The molecule has 6 nitrogen and oxygen atoms in total. The van der Waals surface area contributed by atoms with Gasteiger partial charge in [-0.05, 0) is 75.2 Å². The van der Waals surface area contributed by atoms with Crippen molar-refractivity contribution in [3.63, 3.8) is 0 Å². The summed E-state index contributed by atoms with van der Waals surface area (Å²) in [6.07, 6.45) is 5.06. The van der Waals surface area contributed by atoms with E-state index in [1.54, 1.807) is 18.2 Å². The number of carbonyl (C=O) groups excluding carboxylic acids is 1. The second kappa shape index (κ2) is 8.61. The van der Waals surface area contributed by atoms with Crippen LogP contribution >= 0.6 is 0 Å². The number of aromatic nitrogens is 2. The summed E-state index contributed by atoms with van der Waals surface area (Å²) in [7, 11) is -3.48. The number of aryl methyl sites for hydroxylation is 1. The quantitative estimate of drug-likeness (QED) is 0.430. The molecule has 1 aromatic heterocycles. The first-order valence-corrected chi connectivity index (χ1v) is 11.8. The number of rotatable bonds is 6. The Kier molecular flexibility index (Phi) is 5.89. The number of nitrogens with zero attached hydrogens (tertiary/aromatic N) is 3. The Morgan fingerprint density at radius 2 is 1.61 bits per heavy atom. The van der Waals surface area contributed by atoms with Crippen molar-refractivity contribution < 1.29 is 13.2 Å². The fourth-order valence-corrected chi connectivity index (χ4v) is 5.36. The van der Waals surface area contributed by atoms with Gasteiger partial charge in [0.15, 0.2) is 5.78 Å². The van der Waals surface area contributed by atoms with Gasteiger partial charge in [0.2, 0.25) is 10.0 Å². The molecule has 0 bridgehead atoms. The van der Waals surface area contributed by atoms with Crippen LogP contribution in [-0.4, -0.2) is 41.4 Å². The number of allylic oxidation sites excluding steroid dienone is 1. The van der Waals surface area contributed by atoms with E-state index in [2.05, 4.69) is 5.10 Å². The van der Waals surface area contributed by atoms with Crippen LogP contribution in [0.5, 0.6) is 0 Å². The van der Waals surface area contributed by atoms with Crippen molar-refractivity contribution in [3.05, 3.63) is 83.2 Å². The van der Waals surface area contributed by atoms with Crippen LogP contribution in [0.3, 0.4) is 0 Å². The summed E-state index contributed by atoms with van der Waals surface area (Å²) in [6.45, 7) is 4.99. The molecule has 31 heavy (non-hydrogen) atoms. The summed E-state index contributed by atoms with van der Waals surface area (Å²) in [5.74, 6) is -0.184. The average Bonchev–Trinajstić information content (AvgIpc) is 3.42. The smallest absolute Gasteiger partial charge is 0.243 e. The van der Waals surface area contributed by atoms with E-state index in [0.717, 1.165) is 35.5 Å². The van der Waals surface area contributed by atoms with Crippen LogP contribution in [0.1, 0.15) is 40.2 Å². The lowest BCUT2D eigenvalue weighted by atomic mass is 10.1. The normalized spacial score (nSPS) is 15.0. The average molecular weight is 436 g/mol. The maximum atomic E-state index is 12.7. The highest BCUT2D eigenvalue weighted by Crippen LogP contribution is 2.22. The monoisotopic (exact) mass is 435 g/mol. The Hall–Kier alpha value is -3.03. The highest BCUT2D eigenvalue weighted by Gasteiger charge is 2.27. The minimum Gasteiger partial charge on any atom is -0.289 e. The van der Waals surface area contributed by atoms with Gasteiger partial charge >= 0.3 is 0 Å². The Morgan fingerprint density at radius 3 is 2.26 bits per heavy atom. The molecule has 0 radical (unpaired) electrons. The molecule has 0 unspecified atom stereocenters. The largest absolute Gasteiger partial charge is 0.289 e. The van der Waals surface area contributed by atoms with E-state index in [9.17, 15) is 13.2 Å². The minimum atomic E-state index is -3.48. The van der Waals surface area contributed by atoms with Gasteiger partial charge in [-0.2, -0.15) is 9.40 Å². The summed E-state index contributed by atoms with van der Waals surface area (Å²) in [4.78, 5) is 12.9. The van der Waals surface area contributed by atoms with Gasteiger partial charge in [-0.15, -0.1) is 0 Å². The van der Waals surface area contributed by atoms with Crippen molar-refractivity contribution in [1.29, 1.82) is 0 Å². The molecule has 160 valence electrons. The highest BCUT2D eigenvalue weighted by atomic mass is 32.2. The zero-order valence-corrected chi connectivity index (χ0v) is 18.5. The molecule has 1 fully saturated rings. The number of hydrogen-bond donors (Lipinski definition) is 0. The predicted octanol–water partition coefficient (Wildman–Crippen LogP) is 4.17. The van der Waals surface area contributed by atoms with Crippen molar-refractivity contribution >= 4 is 21.9 Å². The van der Waals surface area contributed by atoms with Crippen molar-refractivity contribution in [1.82, 2.24) is 14.1 Å². The fraction of sp³-hybridized carbons (Fsp3) is 0.250. The Morgan fingerprint density at radius 1 is 0.968 bits per heavy atom. The number of hydrogen-bond acceptors (Lipinski definition) is 4. The van der Waals surface area contributed by atoms with Crippen LogP contribution < -0.4 is 0 Å². The van der Waals surface area contributed by atoms with Crippen molar-refractivity contribution in [2.45, 2.75) is 31.6 Å². The molecule has 0 spiro atoms. The van der Waals surface area contributed by atoms with E-state index in [-0.39, 0.29) is 10.7 Å². The number of ketones is 1. The Labute approximate surface area is 182 Å². The molecule has 1 aliphatic rings. The Balaban J connectivity index is 1.53. The Bertz CT molecular complexity index is 1220. The van der Waals surface area contributed by atoms with Crippen LogP contribution in [0, 0.1) is 13.8 Å². The van der Waals surface area contributed by atoms with Crippen LogP contribution in [0.25, 0.3) is 11.8 Å². The topological polar surface area (TPSA) is 72.3 Å². The van der Waals surface area contributed by atoms with E-state index in [0.29, 0.717) is 18.7 Å². The summed E-state index contributed by atoms with van der Waals surface area (Å²) in [5.41, 5.74) is 4.08. The SMILES string of the molecule is Cc1nn(-c2ccccc2)c(C)c1/C=C\C(=O)c1ccc(S(=O)(=O)N2CCCC2)cc1. The maximum Gasteiger partial charge on any atom is 0.243 e. The molecule has 3 aromatic rings. The molecule has 0 atom stereocenters. The molecule has 1 aliphatic heterocycles. The third-order valence-corrected chi connectivity index (χ3v) is 7.50. The summed E-state index contributed by atoms with van der Waals surface area (Å²) < 4.78 is 28.6. The van der Waals surface area contributed by atoms with Crippen LogP contribution in [-0.2, 0) is 10.0 Å². The van der Waals surface area contributed by atoms with Gasteiger partial charge in [-0.3, -0.25) is 4.79 Å². The standard InChI is InChI=1S/C24H25N3O3S/c1-18-23(19(2)27(25-18)21-8-4-3-5-9-21)14-15-24(28)20-10-12-22(13-11-20)31(29,30)26-16-6-7-17-26/h3-5,8-15H,6-7,16-17H2,1-2H3/b15-14-. The van der Waals surface area contributed by atoms with Crippen molar-refractivity contribution in [2.75, 3.05) is 13.1 Å². The number of carbonyl (C=O) groups is 1. The molecular formula is C24H25N3O3S. The zero-order valence-electron chi connectivity index (χ0n) is 17.7. The number of benzene rings is 2. The minimum absolute atomic E-state index is 0.184. The predicted molar refractivity (Wildman–Crippen MR) is 121 cm³/mol. The van der Waals surface area contributed by atoms with Gasteiger partial charge in [-0.1, -0.05) is 18.2 Å². The van der Waals surface area contributed by atoms with Gasteiger partial charge in [-0.25, -0.2) is 13.1 Å². The number of sulfonamides is 1. The van der Waals surface area contributed by atoms with E-state index >= 15 is 0 Å². The van der Waals surface area contributed by atoms with Crippen LogP contribution in [0.4, 0.5) is 0 Å². The van der Waals surface area contributed by atoms with Gasteiger partial charge in [0.25, 0.3) is 0 Å². The van der Waals surface area contributed by atoms with Gasteiger partial charge in [0, 0.05) is 29.9 Å². The van der Waals surface area contributed by atoms with Gasteiger partial charge in [0.1, 0.15) is 0 Å². The maximum absolute atomic E-state index is 12.7. The van der Waals surface area contributed by atoms with E-state index in [1.807, 2.05) is 48.9 Å². The summed E-state index contributed by atoms with van der Waals surface area (Å²) in [5, 5.41) is 4.59. The van der Waals surface area contributed by atoms with E-state index in [1.165, 1.54) is 22.5 Å². The van der Waals surface area contributed by atoms with Crippen LogP contribution in [0.2, 0.25) is 0 Å². The molecule has 2 aromatic carbocycles. The summed E-state index contributed by atoms with van der Waals surface area (Å²) >= 11 is 0. The fourth-order valence-electron chi connectivity index (χ4n) is 3.84.